The SMILES string of the molecule is C1=C2ONCCC2CCCC1. The highest BCUT2D eigenvalue weighted by atomic mass is 16.6. The second kappa shape index (κ2) is 3.26. The zero-order valence-electron chi connectivity index (χ0n) is 6.81. The van der Waals surface area contributed by atoms with Gasteiger partial charge in [0.15, 0.2) is 0 Å². The molecule has 2 nitrogen and oxygen atoms in total. The molecule has 0 spiro atoms. The van der Waals surface area contributed by atoms with Crippen molar-refractivity contribution < 1.29 is 4.84 Å². The Labute approximate surface area is 67.6 Å². The first-order chi connectivity index (χ1) is 5.47. The molecule has 1 aliphatic heterocycles. The molecule has 0 bridgehead atoms. The Kier molecular flexibility index (Phi) is 2.13. The van der Waals surface area contributed by atoms with E-state index in [0.29, 0.717) is 0 Å². The summed E-state index contributed by atoms with van der Waals surface area (Å²) in [5.41, 5.74) is 2.94. The van der Waals surface area contributed by atoms with E-state index in [9.17, 15) is 0 Å². The van der Waals surface area contributed by atoms with Gasteiger partial charge in [0.1, 0.15) is 5.76 Å². The van der Waals surface area contributed by atoms with E-state index in [1.165, 1.54) is 37.9 Å². The van der Waals surface area contributed by atoms with E-state index in [1.54, 1.807) is 0 Å². The van der Waals surface area contributed by atoms with E-state index in [1.807, 2.05) is 0 Å². The summed E-state index contributed by atoms with van der Waals surface area (Å²) < 4.78 is 0. The predicted molar refractivity (Wildman–Crippen MR) is 43.7 cm³/mol. The standard InChI is InChI=1S/C9H15NO/c1-2-4-8-6-7-10-11-9(8)5-3-1/h5,8,10H,1-4,6-7H2. The molecule has 1 heterocycles. The lowest BCUT2D eigenvalue weighted by atomic mass is 9.98. The van der Waals surface area contributed by atoms with Crippen molar-refractivity contribution in [2.45, 2.75) is 32.1 Å². The van der Waals surface area contributed by atoms with Crippen molar-refractivity contribution in [3.05, 3.63) is 11.8 Å². The number of allylic oxidation sites excluding steroid dienone is 2. The van der Waals surface area contributed by atoms with Crippen LogP contribution in [0.3, 0.4) is 0 Å². The highest BCUT2D eigenvalue weighted by Gasteiger charge is 2.21. The Balaban J connectivity index is 2.06. The van der Waals surface area contributed by atoms with E-state index in [4.69, 9.17) is 4.84 Å². The topological polar surface area (TPSA) is 21.3 Å². The highest BCUT2D eigenvalue weighted by molar-refractivity contribution is 5.02. The minimum Gasteiger partial charge on any atom is -0.413 e. The second-order valence-electron chi connectivity index (χ2n) is 3.37. The molecular weight excluding hydrogens is 138 g/mol. The molecule has 2 heteroatoms. The lowest BCUT2D eigenvalue weighted by Gasteiger charge is -2.24. The van der Waals surface area contributed by atoms with Crippen LogP contribution in [0.15, 0.2) is 11.8 Å². The van der Waals surface area contributed by atoms with Crippen LogP contribution in [0.25, 0.3) is 0 Å². The van der Waals surface area contributed by atoms with Crippen LogP contribution in [0.1, 0.15) is 32.1 Å². The molecule has 1 fully saturated rings. The predicted octanol–water partition coefficient (Wildman–Crippen LogP) is 1.99. The zero-order chi connectivity index (χ0) is 7.52. The van der Waals surface area contributed by atoms with Gasteiger partial charge in [-0.2, -0.15) is 5.48 Å². The lowest BCUT2D eigenvalue weighted by molar-refractivity contribution is 0.0436. The molecule has 1 N–H and O–H groups in total. The Morgan fingerprint density at radius 1 is 1.36 bits per heavy atom. The molecule has 2 aliphatic rings. The molecule has 1 aliphatic carbocycles. The van der Waals surface area contributed by atoms with Crippen molar-refractivity contribution in [1.29, 1.82) is 0 Å². The number of hydrogen-bond acceptors (Lipinski definition) is 2. The van der Waals surface area contributed by atoms with Crippen LogP contribution in [0.4, 0.5) is 0 Å². The van der Waals surface area contributed by atoms with E-state index in [2.05, 4.69) is 11.6 Å². The van der Waals surface area contributed by atoms with Gasteiger partial charge >= 0.3 is 0 Å². The molecule has 0 aromatic heterocycles. The fourth-order valence-corrected chi connectivity index (χ4v) is 1.87. The zero-order valence-corrected chi connectivity index (χ0v) is 6.81. The van der Waals surface area contributed by atoms with Gasteiger partial charge in [-0.1, -0.05) is 6.42 Å². The maximum absolute atomic E-state index is 5.37. The third-order valence-corrected chi connectivity index (χ3v) is 2.54. The lowest BCUT2D eigenvalue weighted by Crippen LogP contribution is -2.27. The first kappa shape index (κ1) is 7.17. The Morgan fingerprint density at radius 3 is 3.36 bits per heavy atom. The quantitative estimate of drug-likeness (QED) is 0.574. The normalized spacial score (nSPS) is 31.3. The summed E-state index contributed by atoms with van der Waals surface area (Å²) in [5.74, 6) is 1.92. The maximum Gasteiger partial charge on any atom is 0.123 e. The minimum atomic E-state index is 0.721. The van der Waals surface area contributed by atoms with Gasteiger partial charge in [-0.15, -0.1) is 0 Å². The monoisotopic (exact) mass is 153 g/mol. The van der Waals surface area contributed by atoms with E-state index in [0.717, 1.165) is 12.5 Å². The number of rotatable bonds is 0. The summed E-state index contributed by atoms with van der Waals surface area (Å²) in [4.78, 5) is 5.37. The van der Waals surface area contributed by atoms with Crippen LogP contribution in [-0.4, -0.2) is 6.54 Å². The fourth-order valence-electron chi connectivity index (χ4n) is 1.87. The van der Waals surface area contributed by atoms with Crippen LogP contribution in [0.2, 0.25) is 0 Å². The average Bonchev–Trinajstić information content (AvgIpc) is 2.28. The molecule has 0 aromatic carbocycles. The molecule has 1 atom stereocenters. The largest absolute Gasteiger partial charge is 0.413 e. The molecule has 62 valence electrons. The Hall–Kier alpha value is -0.500. The van der Waals surface area contributed by atoms with E-state index in [-0.39, 0.29) is 0 Å². The minimum absolute atomic E-state index is 0.721. The van der Waals surface area contributed by atoms with Crippen molar-refractivity contribution in [3.63, 3.8) is 0 Å². The molecule has 0 aromatic rings. The van der Waals surface area contributed by atoms with Crippen molar-refractivity contribution >= 4 is 0 Å². The molecule has 1 unspecified atom stereocenters. The van der Waals surface area contributed by atoms with Gasteiger partial charge in [-0.25, -0.2) is 0 Å². The molecule has 0 radical (unpaired) electrons. The number of fused-ring (bicyclic) bond motifs is 1. The molecule has 11 heavy (non-hydrogen) atoms. The summed E-state index contributed by atoms with van der Waals surface area (Å²) in [6, 6.07) is 0. The number of hydrogen-bond donors (Lipinski definition) is 1. The Bertz CT molecular complexity index is 165. The van der Waals surface area contributed by atoms with Crippen molar-refractivity contribution in [1.82, 2.24) is 5.48 Å². The maximum atomic E-state index is 5.37. The van der Waals surface area contributed by atoms with Crippen molar-refractivity contribution in [2.75, 3.05) is 6.54 Å². The summed E-state index contributed by atoms with van der Waals surface area (Å²) in [6.07, 6.45) is 8.74. The van der Waals surface area contributed by atoms with Crippen LogP contribution < -0.4 is 5.48 Å². The molecule has 0 saturated carbocycles. The van der Waals surface area contributed by atoms with E-state index < -0.39 is 0 Å². The second-order valence-corrected chi connectivity index (χ2v) is 3.37. The first-order valence-corrected chi connectivity index (χ1v) is 4.56. The number of hydroxylamine groups is 1. The molecule has 0 amide bonds. The van der Waals surface area contributed by atoms with Crippen LogP contribution in [-0.2, 0) is 4.84 Å². The third kappa shape index (κ3) is 1.56. The summed E-state index contributed by atoms with van der Waals surface area (Å²) >= 11 is 0. The molecule has 2 rings (SSSR count). The van der Waals surface area contributed by atoms with Gasteiger partial charge in [0, 0.05) is 12.5 Å². The van der Waals surface area contributed by atoms with Gasteiger partial charge in [-0.3, -0.25) is 0 Å². The average molecular weight is 153 g/mol. The number of nitrogens with one attached hydrogen (secondary N) is 1. The molecule has 1 saturated heterocycles. The Morgan fingerprint density at radius 2 is 2.36 bits per heavy atom. The summed E-state index contributed by atoms with van der Waals surface area (Å²) in [6.45, 7) is 1.02. The summed E-state index contributed by atoms with van der Waals surface area (Å²) in [5, 5.41) is 0. The van der Waals surface area contributed by atoms with E-state index >= 15 is 0 Å². The highest BCUT2D eigenvalue weighted by Crippen LogP contribution is 2.28. The van der Waals surface area contributed by atoms with Crippen LogP contribution >= 0.6 is 0 Å². The van der Waals surface area contributed by atoms with Crippen molar-refractivity contribution in [3.8, 4) is 0 Å². The van der Waals surface area contributed by atoms with Crippen LogP contribution in [0.5, 0.6) is 0 Å². The van der Waals surface area contributed by atoms with Gasteiger partial charge < -0.3 is 4.84 Å². The van der Waals surface area contributed by atoms with Gasteiger partial charge in [0.05, 0.1) is 0 Å². The summed E-state index contributed by atoms with van der Waals surface area (Å²) in [7, 11) is 0. The third-order valence-electron chi connectivity index (χ3n) is 2.54. The van der Waals surface area contributed by atoms with Crippen molar-refractivity contribution in [2.24, 2.45) is 5.92 Å². The van der Waals surface area contributed by atoms with Gasteiger partial charge in [0.2, 0.25) is 0 Å². The van der Waals surface area contributed by atoms with Gasteiger partial charge in [-0.05, 0) is 31.8 Å². The fraction of sp³-hybridized carbons (Fsp3) is 0.778. The van der Waals surface area contributed by atoms with Crippen LogP contribution in [0, 0.1) is 5.92 Å². The van der Waals surface area contributed by atoms with Gasteiger partial charge in [0.25, 0.3) is 0 Å². The first-order valence-electron chi connectivity index (χ1n) is 4.56. The molecular formula is C9H15NO. The smallest absolute Gasteiger partial charge is 0.123 e.